The van der Waals surface area contributed by atoms with Crippen LogP contribution in [0.3, 0.4) is 0 Å². The summed E-state index contributed by atoms with van der Waals surface area (Å²) in [5.41, 5.74) is 0. The standard InChI is InChI=1S/C50H96NO8P/c1-6-8-10-12-14-16-18-20-22-24-25-27-28-30-32-34-36-38-40-42-49(52)56-46-48(47-58-60(54,55)57-45-44-51(3,4)5)59-50(53)43-41-39-37-35-33-31-29-26-23-21-19-17-15-13-11-9-7-2/h15,17,21,23,48H,6-14,16,18-20,22,24-47H2,1-5H3/p+1/b17-15+,23-21+/t48-/m1/s1. The van der Waals surface area contributed by atoms with Gasteiger partial charge in [-0.1, -0.05) is 199 Å². The van der Waals surface area contributed by atoms with E-state index in [0.29, 0.717) is 23.9 Å². The topological polar surface area (TPSA) is 108 Å². The first-order valence-electron chi connectivity index (χ1n) is 25.1. The Hall–Kier alpha value is -1.51. The summed E-state index contributed by atoms with van der Waals surface area (Å²) in [6.45, 7) is 4.43. The van der Waals surface area contributed by atoms with Crippen LogP contribution in [-0.4, -0.2) is 74.9 Å². The number of rotatable bonds is 46. The summed E-state index contributed by atoms with van der Waals surface area (Å²) < 4.78 is 34.4. The Balaban J connectivity index is 4.25. The SMILES string of the molecule is CCCCC/C=C/C/C=C/CCCCCCCCCC(=O)O[C@H](COC(=O)CCCCCCCCCCCCCCCCCCCCC)COP(=O)(O)OCC[N+](C)(C)C. The van der Waals surface area contributed by atoms with Crippen LogP contribution in [0, 0.1) is 0 Å². The molecule has 1 unspecified atom stereocenters. The molecule has 0 aliphatic heterocycles. The summed E-state index contributed by atoms with van der Waals surface area (Å²) >= 11 is 0. The number of ether oxygens (including phenoxy) is 2. The molecular formula is C50H97NO8P+. The van der Waals surface area contributed by atoms with Gasteiger partial charge < -0.3 is 18.9 Å². The smallest absolute Gasteiger partial charge is 0.462 e. The Kier molecular flexibility index (Phi) is 41.7. The third kappa shape index (κ3) is 46.0. The average Bonchev–Trinajstić information content (AvgIpc) is 3.20. The molecule has 0 heterocycles. The van der Waals surface area contributed by atoms with E-state index in [1.54, 1.807) is 0 Å². The number of esters is 2. The van der Waals surface area contributed by atoms with Crippen LogP contribution in [0.5, 0.6) is 0 Å². The molecule has 0 saturated heterocycles. The van der Waals surface area contributed by atoms with Crippen molar-refractivity contribution in [2.24, 2.45) is 0 Å². The Labute approximate surface area is 370 Å². The lowest BCUT2D eigenvalue weighted by molar-refractivity contribution is -0.870. The van der Waals surface area contributed by atoms with Crippen molar-refractivity contribution in [1.82, 2.24) is 0 Å². The lowest BCUT2D eigenvalue weighted by Crippen LogP contribution is -2.37. The van der Waals surface area contributed by atoms with Crippen molar-refractivity contribution in [3.05, 3.63) is 24.3 Å². The zero-order valence-electron chi connectivity index (χ0n) is 40.0. The summed E-state index contributed by atoms with van der Waals surface area (Å²) in [6.07, 6.45) is 47.9. The zero-order valence-corrected chi connectivity index (χ0v) is 40.9. The van der Waals surface area contributed by atoms with Gasteiger partial charge in [-0.3, -0.25) is 18.6 Å². The molecule has 1 N–H and O–H groups in total. The Morgan fingerprint density at radius 3 is 1.35 bits per heavy atom. The van der Waals surface area contributed by atoms with Crippen LogP contribution < -0.4 is 0 Å². The Morgan fingerprint density at radius 2 is 0.900 bits per heavy atom. The first-order chi connectivity index (χ1) is 29.0. The Morgan fingerprint density at radius 1 is 0.517 bits per heavy atom. The fourth-order valence-electron chi connectivity index (χ4n) is 7.05. The van der Waals surface area contributed by atoms with E-state index in [4.69, 9.17) is 18.5 Å². The second-order valence-electron chi connectivity index (χ2n) is 18.2. The van der Waals surface area contributed by atoms with Crippen LogP contribution in [0.15, 0.2) is 24.3 Å². The fraction of sp³-hybridized carbons (Fsp3) is 0.880. The van der Waals surface area contributed by atoms with Crippen molar-refractivity contribution in [3.8, 4) is 0 Å². The molecule has 354 valence electrons. The van der Waals surface area contributed by atoms with Gasteiger partial charge in [-0.15, -0.1) is 0 Å². The summed E-state index contributed by atoms with van der Waals surface area (Å²) in [5, 5.41) is 0. The van der Waals surface area contributed by atoms with Crippen LogP contribution in [0.4, 0.5) is 0 Å². The number of likely N-dealkylation sites (N-methyl/N-ethyl adjacent to an activating group) is 1. The molecule has 0 aliphatic rings. The maximum Gasteiger partial charge on any atom is 0.472 e. The molecule has 0 bridgehead atoms. The van der Waals surface area contributed by atoms with E-state index >= 15 is 0 Å². The number of quaternary nitrogens is 1. The van der Waals surface area contributed by atoms with Crippen LogP contribution in [0.1, 0.15) is 232 Å². The molecule has 0 amide bonds. The molecule has 0 aromatic rings. The monoisotopic (exact) mass is 871 g/mol. The Bertz CT molecular complexity index is 1070. The number of phosphoric acid groups is 1. The maximum atomic E-state index is 12.7. The van der Waals surface area contributed by atoms with Crippen LogP contribution in [-0.2, 0) is 32.7 Å². The number of carbonyl (C=O) groups excluding carboxylic acids is 2. The molecule has 0 saturated carbocycles. The van der Waals surface area contributed by atoms with Gasteiger partial charge in [-0.25, -0.2) is 4.57 Å². The average molecular weight is 871 g/mol. The van der Waals surface area contributed by atoms with Gasteiger partial charge in [0.1, 0.15) is 19.8 Å². The summed E-state index contributed by atoms with van der Waals surface area (Å²) in [5.74, 6) is -0.796. The predicted molar refractivity (Wildman–Crippen MR) is 252 cm³/mol. The first-order valence-corrected chi connectivity index (χ1v) is 26.6. The zero-order chi connectivity index (χ0) is 44.3. The largest absolute Gasteiger partial charge is 0.472 e. The maximum absolute atomic E-state index is 12.7. The van der Waals surface area contributed by atoms with E-state index < -0.39 is 26.5 Å². The highest BCUT2D eigenvalue weighted by Gasteiger charge is 2.27. The van der Waals surface area contributed by atoms with Crippen molar-refractivity contribution >= 4 is 19.8 Å². The number of phosphoric ester groups is 1. The molecule has 0 fully saturated rings. The van der Waals surface area contributed by atoms with E-state index in [-0.39, 0.29) is 25.6 Å². The van der Waals surface area contributed by atoms with Crippen molar-refractivity contribution in [2.45, 2.75) is 238 Å². The second kappa shape index (κ2) is 42.8. The number of hydrogen-bond donors (Lipinski definition) is 1. The van der Waals surface area contributed by atoms with Gasteiger partial charge >= 0.3 is 19.8 Å². The van der Waals surface area contributed by atoms with Gasteiger partial charge in [0, 0.05) is 12.8 Å². The first kappa shape index (κ1) is 58.5. The molecule has 10 heteroatoms. The predicted octanol–water partition coefficient (Wildman–Crippen LogP) is 14.7. The van der Waals surface area contributed by atoms with Crippen molar-refractivity contribution in [2.75, 3.05) is 47.5 Å². The van der Waals surface area contributed by atoms with Crippen LogP contribution in [0.2, 0.25) is 0 Å². The van der Waals surface area contributed by atoms with Gasteiger partial charge in [0.15, 0.2) is 6.10 Å². The van der Waals surface area contributed by atoms with Crippen LogP contribution in [0.25, 0.3) is 0 Å². The molecule has 0 aromatic carbocycles. The number of allylic oxidation sites excluding steroid dienone is 4. The van der Waals surface area contributed by atoms with Crippen molar-refractivity contribution < 1.29 is 42.1 Å². The van der Waals surface area contributed by atoms with Crippen LogP contribution >= 0.6 is 7.82 Å². The van der Waals surface area contributed by atoms with E-state index in [9.17, 15) is 19.0 Å². The van der Waals surface area contributed by atoms with Gasteiger partial charge in [0.25, 0.3) is 0 Å². The molecular weight excluding hydrogens is 774 g/mol. The van der Waals surface area contributed by atoms with Gasteiger partial charge in [0.2, 0.25) is 0 Å². The lowest BCUT2D eigenvalue weighted by Gasteiger charge is -2.24. The highest BCUT2D eigenvalue weighted by molar-refractivity contribution is 7.47. The molecule has 0 radical (unpaired) electrons. The third-order valence-electron chi connectivity index (χ3n) is 11.0. The minimum Gasteiger partial charge on any atom is -0.462 e. The minimum absolute atomic E-state index is 0.0321. The highest BCUT2D eigenvalue weighted by Crippen LogP contribution is 2.43. The van der Waals surface area contributed by atoms with E-state index in [0.717, 1.165) is 51.4 Å². The van der Waals surface area contributed by atoms with Gasteiger partial charge in [-0.2, -0.15) is 0 Å². The number of nitrogens with zero attached hydrogens (tertiary/aromatic N) is 1. The quantitative estimate of drug-likeness (QED) is 0.0212. The van der Waals surface area contributed by atoms with Crippen molar-refractivity contribution in [1.29, 1.82) is 0 Å². The number of carbonyl (C=O) groups is 2. The van der Waals surface area contributed by atoms with E-state index in [1.807, 2.05) is 21.1 Å². The summed E-state index contributed by atoms with van der Waals surface area (Å²) in [7, 11) is 1.48. The van der Waals surface area contributed by atoms with Gasteiger partial charge in [-0.05, 0) is 44.9 Å². The minimum atomic E-state index is -4.38. The van der Waals surface area contributed by atoms with Gasteiger partial charge in [0.05, 0.1) is 27.7 Å². The van der Waals surface area contributed by atoms with E-state index in [2.05, 4.69) is 38.2 Å². The number of unbranched alkanes of at least 4 members (excludes halogenated alkanes) is 28. The lowest BCUT2D eigenvalue weighted by atomic mass is 10.0. The molecule has 2 atom stereocenters. The molecule has 0 rings (SSSR count). The van der Waals surface area contributed by atoms with Crippen molar-refractivity contribution in [3.63, 3.8) is 0 Å². The summed E-state index contributed by atoms with van der Waals surface area (Å²) in [6, 6.07) is 0. The fourth-order valence-corrected chi connectivity index (χ4v) is 7.79. The molecule has 0 aromatic heterocycles. The van der Waals surface area contributed by atoms with E-state index in [1.165, 1.54) is 148 Å². The highest BCUT2D eigenvalue weighted by atomic mass is 31.2. The molecule has 9 nitrogen and oxygen atoms in total. The molecule has 0 aliphatic carbocycles. The second-order valence-corrected chi connectivity index (χ2v) is 19.7. The number of hydrogen-bond acceptors (Lipinski definition) is 7. The normalized spacial score (nSPS) is 13.6. The summed E-state index contributed by atoms with van der Waals surface area (Å²) in [4.78, 5) is 35.5. The molecule has 0 spiro atoms. The third-order valence-corrected chi connectivity index (χ3v) is 12.0. The molecule has 60 heavy (non-hydrogen) atoms.